The maximum Gasteiger partial charge on any atom is 0.132 e. The first-order chi connectivity index (χ1) is 12.4. The van der Waals surface area contributed by atoms with E-state index in [2.05, 4.69) is 4.99 Å². The average molecular weight is 375 g/mol. The van der Waals surface area contributed by atoms with Crippen LogP contribution >= 0.6 is 0 Å². The van der Waals surface area contributed by atoms with Crippen molar-refractivity contribution in [1.29, 1.82) is 0 Å². The summed E-state index contributed by atoms with van der Waals surface area (Å²) in [7, 11) is 0.245. The predicted molar refractivity (Wildman–Crippen MR) is 105 cm³/mol. The highest BCUT2D eigenvalue weighted by Gasteiger charge is 2.19. The van der Waals surface area contributed by atoms with Gasteiger partial charge in [0.2, 0.25) is 0 Å². The van der Waals surface area contributed by atoms with E-state index in [9.17, 15) is 14.4 Å². The van der Waals surface area contributed by atoms with E-state index < -0.39 is 16.9 Å². The van der Waals surface area contributed by atoms with Crippen LogP contribution in [-0.4, -0.2) is 38.9 Å². The summed E-state index contributed by atoms with van der Waals surface area (Å²) in [4.78, 5) is 4.50. The third-order valence-corrected chi connectivity index (χ3v) is 5.01. The summed E-state index contributed by atoms with van der Waals surface area (Å²) >= 11 is 0. The Labute approximate surface area is 156 Å². The van der Waals surface area contributed by atoms with Crippen molar-refractivity contribution in [3.63, 3.8) is 0 Å². The zero-order valence-electron chi connectivity index (χ0n) is 15.3. The number of aliphatic hydroxyl groups excluding tert-OH is 1. The van der Waals surface area contributed by atoms with Crippen molar-refractivity contribution in [3.8, 4) is 11.5 Å². The molecular formula is C20H25NO4S. The average Bonchev–Trinajstić information content (AvgIpc) is 2.64. The smallest absolute Gasteiger partial charge is 0.132 e. The normalized spacial score (nSPS) is 15.3. The van der Waals surface area contributed by atoms with Crippen LogP contribution in [-0.2, 0) is 17.2 Å². The SMILES string of the molecule is COc1ccc(CCC(C)N=C(C(O)c2ccc(O)cc2)S(C)=O)cc1. The second-order valence-corrected chi connectivity index (χ2v) is 7.48. The highest BCUT2D eigenvalue weighted by molar-refractivity contribution is 8.00. The minimum absolute atomic E-state index is 0.0808. The van der Waals surface area contributed by atoms with Gasteiger partial charge in [0.15, 0.2) is 0 Å². The first kappa shape index (κ1) is 20.1. The van der Waals surface area contributed by atoms with Crippen LogP contribution in [0.5, 0.6) is 11.5 Å². The molecule has 6 heteroatoms. The topological polar surface area (TPSA) is 79.1 Å². The summed E-state index contributed by atoms with van der Waals surface area (Å²) in [6.07, 6.45) is 2.06. The van der Waals surface area contributed by atoms with Crippen molar-refractivity contribution >= 4 is 15.8 Å². The molecule has 26 heavy (non-hydrogen) atoms. The van der Waals surface area contributed by atoms with Gasteiger partial charge in [0.1, 0.15) is 22.6 Å². The van der Waals surface area contributed by atoms with E-state index in [1.807, 2.05) is 31.2 Å². The Morgan fingerprint density at radius 1 is 1.15 bits per heavy atom. The molecule has 0 heterocycles. The lowest BCUT2D eigenvalue weighted by molar-refractivity contribution is 0.249. The largest absolute Gasteiger partial charge is 0.508 e. The number of phenols is 1. The lowest BCUT2D eigenvalue weighted by atomic mass is 10.1. The summed E-state index contributed by atoms with van der Waals surface area (Å²) < 4.78 is 17.2. The second kappa shape index (κ2) is 9.50. The Kier molecular flexibility index (Phi) is 7.36. The van der Waals surface area contributed by atoms with Crippen LogP contribution in [0.3, 0.4) is 0 Å². The molecule has 2 aromatic rings. The van der Waals surface area contributed by atoms with Crippen LogP contribution in [0.4, 0.5) is 0 Å². The number of methoxy groups -OCH3 is 1. The number of ether oxygens (including phenoxy) is 1. The molecule has 3 atom stereocenters. The molecule has 0 bridgehead atoms. The second-order valence-electron chi connectivity index (χ2n) is 6.15. The van der Waals surface area contributed by atoms with Gasteiger partial charge in [0.05, 0.1) is 17.9 Å². The number of aliphatic hydroxyl groups is 1. The Morgan fingerprint density at radius 2 is 1.77 bits per heavy atom. The first-order valence-electron chi connectivity index (χ1n) is 8.41. The van der Waals surface area contributed by atoms with Crippen LogP contribution in [0.2, 0.25) is 0 Å². The molecule has 0 aliphatic heterocycles. The molecule has 0 spiro atoms. The van der Waals surface area contributed by atoms with Gasteiger partial charge in [0, 0.05) is 12.3 Å². The molecule has 0 saturated carbocycles. The maximum absolute atomic E-state index is 12.1. The highest BCUT2D eigenvalue weighted by atomic mass is 32.2. The van der Waals surface area contributed by atoms with E-state index >= 15 is 0 Å². The Morgan fingerprint density at radius 3 is 2.31 bits per heavy atom. The Balaban J connectivity index is 2.06. The minimum atomic E-state index is -1.39. The molecule has 2 aromatic carbocycles. The first-order valence-corrected chi connectivity index (χ1v) is 9.97. The third-order valence-electron chi connectivity index (χ3n) is 4.09. The van der Waals surface area contributed by atoms with Crippen LogP contribution in [0.1, 0.15) is 30.6 Å². The monoisotopic (exact) mass is 375 g/mol. The van der Waals surface area contributed by atoms with Crippen molar-refractivity contribution in [3.05, 3.63) is 59.7 Å². The van der Waals surface area contributed by atoms with Gasteiger partial charge in [-0.3, -0.25) is 9.20 Å². The summed E-state index contributed by atoms with van der Waals surface area (Å²) in [5, 5.41) is 20.1. The van der Waals surface area contributed by atoms with Gasteiger partial charge in [-0.15, -0.1) is 0 Å². The zero-order valence-corrected chi connectivity index (χ0v) is 16.1. The molecule has 5 nitrogen and oxygen atoms in total. The highest BCUT2D eigenvalue weighted by Crippen LogP contribution is 2.21. The third kappa shape index (κ3) is 5.68. The Bertz CT molecular complexity index is 756. The minimum Gasteiger partial charge on any atom is -0.508 e. The molecule has 2 N–H and O–H groups in total. The molecule has 0 saturated heterocycles. The van der Waals surface area contributed by atoms with E-state index in [4.69, 9.17) is 4.74 Å². The molecule has 0 aliphatic carbocycles. The number of hydrogen-bond donors (Lipinski definition) is 2. The quantitative estimate of drug-likeness (QED) is 0.575. The number of aliphatic imine (C=N–C) groups is 1. The van der Waals surface area contributed by atoms with Crippen molar-refractivity contribution in [2.45, 2.75) is 31.9 Å². The molecule has 0 aromatic heterocycles. The van der Waals surface area contributed by atoms with Crippen LogP contribution in [0.15, 0.2) is 53.5 Å². The maximum atomic E-state index is 12.1. The summed E-state index contributed by atoms with van der Waals surface area (Å²) in [5.41, 5.74) is 1.73. The van der Waals surface area contributed by atoms with E-state index in [1.54, 1.807) is 19.2 Å². The van der Waals surface area contributed by atoms with E-state index in [0.29, 0.717) is 5.56 Å². The molecule has 0 amide bonds. The van der Waals surface area contributed by atoms with Gasteiger partial charge >= 0.3 is 0 Å². The molecule has 2 rings (SSSR count). The van der Waals surface area contributed by atoms with Crippen LogP contribution in [0.25, 0.3) is 0 Å². The molecule has 3 unspecified atom stereocenters. The predicted octanol–water partition coefficient (Wildman–Crippen LogP) is 3.23. The van der Waals surface area contributed by atoms with Gasteiger partial charge in [-0.05, 0) is 55.2 Å². The zero-order chi connectivity index (χ0) is 19.1. The van der Waals surface area contributed by atoms with Gasteiger partial charge < -0.3 is 14.9 Å². The number of nitrogens with zero attached hydrogens (tertiary/aromatic N) is 1. The number of benzene rings is 2. The fourth-order valence-electron chi connectivity index (χ4n) is 2.55. The van der Waals surface area contributed by atoms with Gasteiger partial charge in [0.25, 0.3) is 0 Å². The van der Waals surface area contributed by atoms with Crippen molar-refractivity contribution in [2.75, 3.05) is 13.4 Å². The fraction of sp³-hybridized carbons (Fsp3) is 0.350. The number of phenolic OH excluding ortho intramolecular Hbond substituents is 1. The van der Waals surface area contributed by atoms with Gasteiger partial charge in [-0.25, -0.2) is 0 Å². The lowest BCUT2D eigenvalue weighted by Crippen LogP contribution is -2.19. The van der Waals surface area contributed by atoms with E-state index in [-0.39, 0.29) is 16.8 Å². The summed E-state index contributed by atoms with van der Waals surface area (Å²) in [6.45, 7) is 1.94. The summed E-state index contributed by atoms with van der Waals surface area (Å²) in [6, 6.07) is 14.0. The number of aryl methyl sites for hydroxylation is 1. The Hall–Kier alpha value is -2.18. The standard InChI is InChI=1S/C20H25NO4S/c1-14(4-5-15-6-12-18(25-2)13-7-15)21-20(26(3)24)19(23)16-8-10-17(22)11-9-16/h6-14,19,22-23H,4-5H2,1-3H3. The molecule has 140 valence electrons. The molecular weight excluding hydrogens is 350 g/mol. The fourth-order valence-corrected chi connectivity index (χ4v) is 3.33. The molecule has 0 radical (unpaired) electrons. The van der Waals surface area contributed by atoms with E-state index in [0.717, 1.165) is 18.6 Å². The molecule has 0 fully saturated rings. The molecule has 0 aliphatic rings. The van der Waals surface area contributed by atoms with Crippen LogP contribution < -0.4 is 4.74 Å². The van der Waals surface area contributed by atoms with Crippen molar-refractivity contribution in [2.24, 2.45) is 4.99 Å². The van der Waals surface area contributed by atoms with Crippen LogP contribution in [0, 0.1) is 0 Å². The number of hydrogen-bond acceptors (Lipinski definition) is 5. The van der Waals surface area contributed by atoms with Crippen molar-refractivity contribution in [1.82, 2.24) is 0 Å². The van der Waals surface area contributed by atoms with Crippen molar-refractivity contribution < 1.29 is 19.2 Å². The van der Waals surface area contributed by atoms with Gasteiger partial charge in [-0.2, -0.15) is 0 Å². The number of aromatic hydroxyl groups is 1. The summed E-state index contributed by atoms with van der Waals surface area (Å²) in [5.74, 6) is 0.936. The lowest BCUT2D eigenvalue weighted by Gasteiger charge is -2.15. The van der Waals surface area contributed by atoms with E-state index in [1.165, 1.54) is 24.0 Å². The number of rotatable bonds is 7. The van der Waals surface area contributed by atoms with Gasteiger partial charge in [-0.1, -0.05) is 24.3 Å².